The van der Waals surface area contributed by atoms with Gasteiger partial charge in [-0.1, -0.05) is 91.2 Å². The van der Waals surface area contributed by atoms with Crippen LogP contribution in [0.1, 0.15) is 50.7 Å². The maximum absolute atomic E-state index is 13.6. The first kappa shape index (κ1) is 37.6. The van der Waals surface area contributed by atoms with E-state index in [4.69, 9.17) is 23.2 Å². The maximum atomic E-state index is 13.6. The third-order valence-corrected chi connectivity index (χ3v) is 10.9. The molecule has 2 aromatic rings. The summed E-state index contributed by atoms with van der Waals surface area (Å²) in [6, 6.07) is 16.0. The molecule has 3 atom stereocenters. The molecule has 1 aliphatic carbocycles. The van der Waals surface area contributed by atoms with Crippen molar-refractivity contribution in [1.82, 2.24) is 14.9 Å². The zero-order chi connectivity index (χ0) is 33.9. The number of thiol groups is 1. The summed E-state index contributed by atoms with van der Waals surface area (Å²) in [7, 11) is -4.58. The highest BCUT2D eigenvalue weighted by atomic mass is 35.5. The fourth-order valence-electron chi connectivity index (χ4n) is 5.02. The van der Waals surface area contributed by atoms with E-state index in [2.05, 4.69) is 17.9 Å². The number of sulfonamides is 1. The molecule has 9 nitrogen and oxygen atoms in total. The van der Waals surface area contributed by atoms with Crippen molar-refractivity contribution in [3.63, 3.8) is 0 Å². The summed E-state index contributed by atoms with van der Waals surface area (Å²) in [6.45, 7) is 3.54. The van der Waals surface area contributed by atoms with Gasteiger partial charge in [-0.2, -0.15) is 12.6 Å². The van der Waals surface area contributed by atoms with Gasteiger partial charge >= 0.3 is 0 Å². The van der Waals surface area contributed by atoms with Crippen molar-refractivity contribution in [2.75, 3.05) is 25.4 Å². The molecule has 3 rings (SSSR count). The second kappa shape index (κ2) is 17.4. The van der Waals surface area contributed by atoms with E-state index < -0.39 is 32.2 Å². The summed E-state index contributed by atoms with van der Waals surface area (Å²) in [4.78, 5) is 40.2. The van der Waals surface area contributed by atoms with Crippen LogP contribution in [0.4, 0.5) is 0 Å². The van der Waals surface area contributed by atoms with Gasteiger partial charge in [-0.3, -0.25) is 14.4 Å². The van der Waals surface area contributed by atoms with Crippen LogP contribution >= 0.6 is 35.8 Å². The Balaban J connectivity index is 1.82. The summed E-state index contributed by atoms with van der Waals surface area (Å²) in [5, 5.41) is 13.2. The quantitative estimate of drug-likeness (QED) is 0.147. The molecule has 1 unspecified atom stereocenters. The molecule has 0 bridgehead atoms. The van der Waals surface area contributed by atoms with Gasteiger partial charge in [-0.05, 0) is 54.2 Å². The standard InChI is InChI=1S/C33H41Cl2N3O6S2/c1-3-4-13-30(40)38(17-16-36-32(42)27(22-45)18-24-9-8-12-28(34)19-24)21-25-14-15-29(26-10-6-5-7-11-26)33(35,20-25)46(43,44)37-31(41)23(2)39/h5-12,14-15,19,23,27,39,45H,3-4,13,16-18,20-22H2,1-2H3,(H,36,42)(H,37,41)/t23-,27+,33?/m0/s1. The first-order valence-electron chi connectivity index (χ1n) is 15.1. The average molecular weight is 711 g/mol. The molecule has 3 N–H and O–H groups in total. The molecule has 0 heterocycles. The number of rotatable bonds is 16. The normalized spacial score (nSPS) is 17.7. The van der Waals surface area contributed by atoms with E-state index in [0.29, 0.717) is 34.8 Å². The van der Waals surface area contributed by atoms with Crippen molar-refractivity contribution in [1.29, 1.82) is 0 Å². The topological polar surface area (TPSA) is 133 Å². The lowest BCUT2D eigenvalue weighted by Crippen LogP contribution is -2.49. The molecule has 0 spiro atoms. The fraction of sp³-hybridized carbons (Fsp3) is 0.424. The second-order valence-electron chi connectivity index (χ2n) is 11.2. The van der Waals surface area contributed by atoms with Gasteiger partial charge in [0.2, 0.25) is 11.8 Å². The molecular weight excluding hydrogens is 669 g/mol. The number of hydrogen-bond acceptors (Lipinski definition) is 7. The van der Waals surface area contributed by atoms with Crippen LogP contribution in [0, 0.1) is 5.92 Å². The number of nitrogens with one attached hydrogen (secondary N) is 2. The molecule has 0 radical (unpaired) electrons. The summed E-state index contributed by atoms with van der Waals surface area (Å²) in [5.74, 6) is -1.55. The number of hydrogen-bond donors (Lipinski definition) is 4. The van der Waals surface area contributed by atoms with Gasteiger partial charge in [0.1, 0.15) is 6.10 Å². The molecule has 0 saturated heterocycles. The number of unbranched alkanes of at least 4 members (excludes halogenated alkanes) is 1. The van der Waals surface area contributed by atoms with Crippen LogP contribution in [0.25, 0.3) is 5.57 Å². The van der Waals surface area contributed by atoms with E-state index in [1.165, 1.54) is 0 Å². The van der Waals surface area contributed by atoms with E-state index in [9.17, 15) is 27.9 Å². The Morgan fingerprint density at radius 3 is 2.43 bits per heavy atom. The molecule has 0 saturated carbocycles. The molecule has 2 aromatic carbocycles. The molecule has 3 amide bonds. The van der Waals surface area contributed by atoms with E-state index >= 15 is 0 Å². The van der Waals surface area contributed by atoms with Gasteiger partial charge in [-0.15, -0.1) is 0 Å². The lowest BCUT2D eigenvalue weighted by molar-refractivity contribution is -0.131. The minimum atomic E-state index is -4.58. The number of halogens is 2. The minimum Gasteiger partial charge on any atom is -0.384 e. The summed E-state index contributed by atoms with van der Waals surface area (Å²) in [6.07, 6.45) is 3.71. The van der Waals surface area contributed by atoms with Crippen LogP contribution in [-0.2, 0) is 30.8 Å². The number of aliphatic hydroxyl groups is 1. The average Bonchev–Trinajstić information content (AvgIpc) is 3.02. The first-order valence-corrected chi connectivity index (χ1v) is 18.0. The van der Waals surface area contributed by atoms with Crippen molar-refractivity contribution < 1.29 is 27.9 Å². The zero-order valence-electron chi connectivity index (χ0n) is 25.9. The number of alkyl halides is 1. The Hall–Kier alpha value is -2.83. The van der Waals surface area contributed by atoms with Crippen LogP contribution in [-0.4, -0.2) is 71.8 Å². The number of carbonyl (C=O) groups is 3. The van der Waals surface area contributed by atoms with E-state index in [1.54, 1.807) is 53.5 Å². The van der Waals surface area contributed by atoms with E-state index in [-0.39, 0.29) is 49.9 Å². The Kier molecular flexibility index (Phi) is 14.2. The van der Waals surface area contributed by atoms with Crippen molar-refractivity contribution in [2.45, 2.75) is 56.3 Å². The van der Waals surface area contributed by atoms with Gasteiger partial charge in [0.15, 0.2) is 4.21 Å². The SMILES string of the molecule is CCCCC(=O)N(CCNC(=O)[C@@H](CS)Cc1cccc(Cl)c1)CC1=CC=C(c2ccccc2)C(Cl)(S(=O)(=O)NC(=O)[C@H](C)O)C1. The van der Waals surface area contributed by atoms with Crippen LogP contribution < -0.4 is 10.0 Å². The predicted molar refractivity (Wildman–Crippen MR) is 186 cm³/mol. The van der Waals surface area contributed by atoms with Crippen LogP contribution in [0.15, 0.2) is 72.3 Å². The number of nitrogens with zero attached hydrogens (tertiary/aromatic N) is 1. The molecule has 1 aliphatic rings. The zero-order valence-corrected chi connectivity index (χ0v) is 29.1. The molecule has 13 heteroatoms. The molecule has 250 valence electrons. The maximum Gasteiger partial charge on any atom is 0.262 e. The van der Waals surface area contributed by atoms with Crippen LogP contribution in [0.2, 0.25) is 5.02 Å². The molecule has 0 fully saturated rings. The molecule has 46 heavy (non-hydrogen) atoms. The molecule has 0 aromatic heterocycles. The largest absolute Gasteiger partial charge is 0.384 e. The monoisotopic (exact) mass is 709 g/mol. The van der Waals surface area contributed by atoms with E-state index in [1.807, 2.05) is 29.8 Å². The summed E-state index contributed by atoms with van der Waals surface area (Å²) >= 11 is 17.4. The number of carbonyl (C=O) groups excluding carboxylic acids is 3. The van der Waals surface area contributed by atoms with Crippen molar-refractivity contribution in [3.05, 3.63) is 88.5 Å². The first-order chi connectivity index (χ1) is 21.8. The predicted octanol–water partition coefficient (Wildman–Crippen LogP) is 4.74. The van der Waals surface area contributed by atoms with Gasteiger partial charge in [0.25, 0.3) is 15.9 Å². The number of aliphatic hydroxyl groups excluding tert-OH is 1. The van der Waals surface area contributed by atoms with Gasteiger partial charge in [-0.25, -0.2) is 13.1 Å². The summed E-state index contributed by atoms with van der Waals surface area (Å²) < 4.78 is 27.0. The van der Waals surface area contributed by atoms with Crippen molar-refractivity contribution >= 4 is 69.1 Å². The van der Waals surface area contributed by atoms with Crippen molar-refractivity contribution in [2.24, 2.45) is 5.92 Å². The van der Waals surface area contributed by atoms with Crippen LogP contribution in [0.5, 0.6) is 0 Å². The number of allylic oxidation sites excluding steroid dienone is 2. The second-order valence-corrected chi connectivity index (χ2v) is 14.8. The van der Waals surface area contributed by atoms with Gasteiger partial charge in [0.05, 0.1) is 5.92 Å². The highest BCUT2D eigenvalue weighted by Crippen LogP contribution is 2.45. The van der Waals surface area contributed by atoms with Gasteiger partial charge < -0.3 is 15.3 Å². The third-order valence-electron chi connectivity index (χ3n) is 7.60. The number of amides is 3. The highest BCUT2D eigenvalue weighted by molar-refractivity contribution is 7.93. The van der Waals surface area contributed by atoms with Gasteiger partial charge in [0, 0.05) is 43.3 Å². The van der Waals surface area contributed by atoms with Crippen molar-refractivity contribution in [3.8, 4) is 0 Å². The minimum absolute atomic E-state index is 0.0594. The van der Waals surface area contributed by atoms with Crippen LogP contribution in [0.3, 0.4) is 0 Å². The Labute approximate surface area is 286 Å². The lowest BCUT2D eigenvalue weighted by atomic mass is 9.92. The number of benzene rings is 2. The summed E-state index contributed by atoms with van der Waals surface area (Å²) in [5.41, 5.74) is 2.24. The fourth-order valence-corrected chi connectivity index (χ4v) is 7.43. The Morgan fingerprint density at radius 1 is 1.09 bits per heavy atom. The lowest BCUT2D eigenvalue weighted by Gasteiger charge is -2.35. The smallest absolute Gasteiger partial charge is 0.262 e. The molecule has 0 aliphatic heterocycles. The highest BCUT2D eigenvalue weighted by Gasteiger charge is 2.49. The Bertz CT molecular complexity index is 1550. The molecular formula is C33H41Cl2N3O6S2. The third kappa shape index (κ3) is 10.1. The Morgan fingerprint density at radius 2 is 1.80 bits per heavy atom. The van der Waals surface area contributed by atoms with E-state index in [0.717, 1.165) is 18.9 Å².